The average molecular weight is 496 g/mol. The molecule has 0 fully saturated rings. The van der Waals surface area contributed by atoms with E-state index >= 15 is 0 Å². The third-order valence-corrected chi connectivity index (χ3v) is 7.66. The highest BCUT2D eigenvalue weighted by molar-refractivity contribution is 7.99. The predicted molar refractivity (Wildman–Crippen MR) is 125 cm³/mol. The standard InChI is InChI=1S/C24H24F3NO3S2/c1-4-5-20(32-18-10-11-19(14(2)12-18)31-13-21(29)30)22-15(3)28-23(33-22)16-6-8-17(9-7-16)24(25,26)27/h6-12,20H,4-5,13H2,1-3H3,(H,29,30). The smallest absolute Gasteiger partial charge is 0.416 e. The van der Waals surface area contributed by atoms with E-state index in [-0.39, 0.29) is 5.25 Å². The van der Waals surface area contributed by atoms with Crippen LogP contribution in [-0.2, 0) is 11.0 Å². The molecule has 0 saturated carbocycles. The van der Waals surface area contributed by atoms with Gasteiger partial charge in [-0.05, 0) is 56.2 Å². The van der Waals surface area contributed by atoms with Crippen molar-refractivity contribution in [2.75, 3.05) is 6.61 Å². The van der Waals surface area contributed by atoms with E-state index in [2.05, 4.69) is 11.9 Å². The quantitative estimate of drug-likeness (QED) is 0.311. The van der Waals surface area contributed by atoms with Crippen molar-refractivity contribution in [1.29, 1.82) is 0 Å². The third-order valence-electron chi connectivity index (χ3n) is 4.91. The SMILES string of the molecule is CCCC(Sc1ccc(OCC(=O)O)c(C)c1)c1sc(-c2ccc(C(F)(F)F)cc2)nc1C. The fourth-order valence-electron chi connectivity index (χ4n) is 3.30. The molecule has 1 N–H and O–H groups in total. The Hall–Kier alpha value is -2.52. The maximum absolute atomic E-state index is 12.9. The Morgan fingerprint density at radius 2 is 1.88 bits per heavy atom. The van der Waals surface area contributed by atoms with E-state index < -0.39 is 24.3 Å². The summed E-state index contributed by atoms with van der Waals surface area (Å²) >= 11 is 3.20. The van der Waals surface area contributed by atoms with E-state index in [9.17, 15) is 18.0 Å². The minimum absolute atomic E-state index is 0.140. The molecule has 0 amide bonds. The van der Waals surface area contributed by atoms with Gasteiger partial charge >= 0.3 is 12.1 Å². The van der Waals surface area contributed by atoms with Crippen molar-refractivity contribution in [3.63, 3.8) is 0 Å². The lowest BCUT2D eigenvalue weighted by molar-refractivity contribution is -0.139. The van der Waals surface area contributed by atoms with Gasteiger partial charge in [-0.2, -0.15) is 13.2 Å². The summed E-state index contributed by atoms with van der Waals surface area (Å²) in [5.41, 5.74) is 1.71. The van der Waals surface area contributed by atoms with E-state index in [0.717, 1.165) is 46.0 Å². The molecule has 0 spiro atoms. The first-order chi connectivity index (χ1) is 15.6. The number of carboxylic acids is 1. The van der Waals surface area contributed by atoms with Crippen molar-refractivity contribution in [2.24, 2.45) is 0 Å². The maximum Gasteiger partial charge on any atom is 0.416 e. The second-order valence-corrected chi connectivity index (χ2v) is 9.86. The molecule has 0 saturated heterocycles. The molecule has 4 nitrogen and oxygen atoms in total. The van der Waals surface area contributed by atoms with Crippen molar-refractivity contribution in [1.82, 2.24) is 4.98 Å². The Bertz CT molecular complexity index is 1110. The van der Waals surface area contributed by atoms with Crippen LogP contribution >= 0.6 is 23.1 Å². The molecule has 1 aromatic heterocycles. The van der Waals surface area contributed by atoms with Crippen LogP contribution in [0.5, 0.6) is 5.75 Å². The van der Waals surface area contributed by atoms with Gasteiger partial charge in [0.1, 0.15) is 10.8 Å². The summed E-state index contributed by atoms with van der Waals surface area (Å²) in [5.74, 6) is -0.493. The van der Waals surface area contributed by atoms with Gasteiger partial charge in [-0.15, -0.1) is 23.1 Å². The average Bonchev–Trinajstić information content (AvgIpc) is 3.14. The first-order valence-corrected chi connectivity index (χ1v) is 12.0. The lowest BCUT2D eigenvalue weighted by Crippen LogP contribution is -2.10. The van der Waals surface area contributed by atoms with Gasteiger partial charge in [0.25, 0.3) is 0 Å². The van der Waals surface area contributed by atoms with Gasteiger partial charge in [-0.3, -0.25) is 0 Å². The molecule has 33 heavy (non-hydrogen) atoms. The van der Waals surface area contributed by atoms with Crippen LogP contribution in [0.2, 0.25) is 0 Å². The number of nitrogens with zero attached hydrogens (tertiary/aromatic N) is 1. The van der Waals surface area contributed by atoms with Gasteiger partial charge in [0.05, 0.1) is 11.3 Å². The number of carbonyl (C=O) groups is 1. The molecule has 2 aromatic carbocycles. The molecule has 1 unspecified atom stereocenters. The second kappa shape index (κ2) is 10.6. The monoisotopic (exact) mass is 495 g/mol. The number of hydrogen-bond acceptors (Lipinski definition) is 5. The number of thioether (sulfide) groups is 1. The molecular formula is C24H24F3NO3S2. The van der Waals surface area contributed by atoms with Crippen molar-refractivity contribution in [3.05, 3.63) is 64.2 Å². The highest BCUT2D eigenvalue weighted by atomic mass is 32.2. The Balaban J connectivity index is 1.82. The van der Waals surface area contributed by atoms with Crippen molar-refractivity contribution in [2.45, 2.75) is 49.9 Å². The number of hydrogen-bond donors (Lipinski definition) is 1. The molecule has 3 aromatic rings. The van der Waals surface area contributed by atoms with Crippen LogP contribution in [0, 0.1) is 13.8 Å². The van der Waals surface area contributed by atoms with Crippen molar-refractivity contribution < 1.29 is 27.8 Å². The lowest BCUT2D eigenvalue weighted by atomic mass is 10.1. The minimum atomic E-state index is -4.36. The molecule has 176 valence electrons. The number of thiazole rings is 1. The molecule has 0 radical (unpaired) electrons. The van der Waals surface area contributed by atoms with Crippen LogP contribution < -0.4 is 4.74 Å². The number of halogens is 3. The molecule has 9 heteroatoms. The number of rotatable bonds is 9. The van der Waals surface area contributed by atoms with Gasteiger partial charge in [0.2, 0.25) is 0 Å². The zero-order chi connectivity index (χ0) is 24.2. The molecule has 0 aliphatic heterocycles. The van der Waals surface area contributed by atoms with E-state index in [1.165, 1.54) is 23.5 Å². The summed E-state index contributed by atoms with van der Waals surface area (Å²) in [6.45, 7) is 5.51. The van der Waals surface area contributed by atoms with Crippen LogP contribution in [0.15, 0.2) is 47.4 Å². The van der Waals surface area contributed by atoms with Gasteiger partial charge in [-0.25, -0.2) is 9.78 Å². The molecule has 0 aliphatic rings. The Kier molecular flexibility index (Phi) is 8.07. The van der Waals surface area contributed by atoms with Crippen molar-refractivity contribution >= 4 is 29.1 Å². The predicted octanol–water partition coefficient (Wildman–Crippen LogP) is 7.54. The summed E-state index contributed by atoms with van der Waals surface area (Å²) in [4.78, 5) is 17.5. The summed E-state index contributed by atoms with van der Waals surface area (Å²) < 4.78 is 43.9. The number of carboxylic acid groups (broad SMARTS) is 1. The largest absolute Gasteiger partial charge is 0.482 e. The van der Waals surface area contributed by atoms with Crippen LogP contribution in [0.3, 0.4) is 0 Å². The minimum Gasteiger partial charge on any atom is -0.482 e. The number of alkyl halides is 3. The highest BCUT2D eigenvalue weighted by Crippen LogP contribution is 2.45. The summed E-state index contributed by atoms with van der Waals surface area (Å²) in [7, 11) is 0. The number of benzene rings is 2. The Morgan fingerprint density at radius 3 is 2.45 bits per heavy atom. The maximum atomic E-state index is 12.9. The number of ether oxygens (including phenoxy) is 1. The zero-order valence-corrected chi connectivity index (χ0v) is 20.0. The van der Waals surface area contributed by atoms with Crippen LogP contribution in [0.25, 0.3) is 10.6 Å². The number of aromatic nitrogens is 1. The third kappa shape index (κ3) is 6.51. The lowest BCUT2D eigenvalue weighted by Gasteiger charge is -2.16. The molecule has 0 bridgehead atoms. The van der Waals surface area contributed by atoms with E-state index in [1.54, 1.807) is 17.8 Å². The van der Waals surface area contributed by atoms with Crippen LogP contribution in [0.4, 0.5) is 13.2 Å². The van der Waals surface area contributed by atoms with Gasteiger partial charge in [0.15, 0.2) is 6.61 Å². The van der Waals surface area contributed by atoms with Crippen LogP contribution in [-0.4, -0.2) is 22.7 Å². The summed E-state index contributed by atoms with van der Waals surface area (Å²) in [6.07, 6.45) is -2.49. The fourth-order valence-corrected chi connectivity index (χ4v) is 6.03. The van der Waals surface area contributed by atoms with Gasteiger partial charge in [0, 0.05) is 20.6 Å². The number of aryl methyl sites for hydroxylation is 2. The Morgan fingerprint density at radius 1 is 1.18 bits per heavy atom. The first kappa shape index (κ1) is 25.1. The van der Waals surface area contributed by atoms with E-state index in [4.69, 9.17) is 9.84 Å². The molecule has 0 aliphatic carbocycles. The van der Waals surface area contributed by atoms with E-state index in [1.807, 2.05) is 26.0 Å². The zero-order valence-electron chi connectivity index (χ0n) is 18.4. The molecular weight excluding hydrogens is 471 g/mol. The first-order valence-electron chi connectivity index (χ1n) is 10.3. The second-order valence-electron chi connectivity index (χ2n) is 7.55. The molecule has 1 heterocycles. The van der Waals surface area contributed by atoms with Crippen molar-refractivity contribution in [3.8, 4) is 16.3 Å². The molecule has 3 rings (SSSR count). The van der Waals surface area contributed by atoms with Crippen LogP contribution in [0.1, 0.15) is 46.7 Å². The van der Waals surface area contributed by atoms with Gasteiger partial charge < -0.3 is 9.84 Å². The fraction of sp³-hybridized carbons (Fsp3) is 0.333. The van der Waals surface area contributed by atoms with Gasteiger partial charge in [-0.1, -0.05) is 25.5 Å². The summed E-state index contributed by atoms with van der Waals surface area (Å²) in [6, 6.07) is 10.7. The number of aliphatic carboxylic acids is 1. The summed E-state index contributed by atoms with van der Waals surface area (Å²) in [5, 5.41) is 9.64. The topological polar surface area (TPSA) is 59.4 Å². The van der Waals surface area contributed by atoms with E-state index in [0.29, 0.717) is 16.3 Å². The normalized spacial score (nSPS) is 12.5. The Labute approximate surface area is 198 Å². The molecule has 1 atom stereocenters. The highest BCUT2D eigenvalue weighted by Gasteiger charge is 2.30.